The Labute approximate surface area is 104 Å². The van der Waals surface area contributed by atoms with Gasteiger partial charge < -0.3 is 19.5 Å². The number of alkyl carbamates (subject to hydrolysis) is 1. The molecule has 1 N–H and O–H groups in total. The Morgan fingerprint density at radius 2 is 2.39 bits per heavy atom. The molecule has 0 aliphatic carbocycles. The summed E-state index contributed by atoms with van der Waals surface area (Å²) >= 11 is 0. The van der Waals surface area contributed by atoms with Gasteiger partial charge in [-0.25, -0.2) is 4.79 Å². The fourth-order valence-corrected chi connectivity index (χ4v) is 1.57. The topological polar surface area (TPSA) is 73.9 Å². The first-order valence-electron chi connectivity index (χ1n) is 5.43. The van der Waals surface area contributed by atoms with Crippen molar-refractivity contribution >= 4 is 12.4 Å². The van der Waals surface area contributed by atoms with Gasteiger partial charge in [0.15, 0.2) is 12.4 Å². The molecule has 96 valence electrons. The van der Waals surface area contributed by atoms with Crippen molar-refractivity contribution in [2.45, 2.75) is 6.10 Å². The minimum Gasteiger partial charge on any atom is -0.497 e. The SMILES string of the molecule is COc1ccc(C=O)c(OCC2CNC(=O)O2)c1. The molecule has 0 radical (unpaired) electrons. The predicted molar refractivity (Wildman–Crippen MR) is 62.1 cm³/mol. The molecule has 1 aliphatic rings. The summed E-state index contributed by atoms with van der Waals surface area (Å²) in [5, 5.41) is 2.52. The van der Waals surface area contributed by atoms with Crippen LogP contribution in [0.2, 0.25) is 0 Å². The van der Waals surface area contributed by atoms with Crippen LogP contribution in [-0.2, 0) is 4.74 Å². The first-order chi connectivity index (χ1) is 8.72. The highest BCUT2D eigenvalue weighted by atomic mass is 16.6. The lowest BCUT2D eigenvalue weighted by atomic mass is 10.2. The third kappa shape index (κ3) is 2.71. The first kappa shape index (κ1) is 12.2. The number of rotatable bonds is 5. The van der Waals surface area contributed by atoms with Gasteiger partial charge in [0.1, 0.15) is 18.1 Å². The molecule has 6 nitrogen and oxygen atoms in total. The summed E-state index contributed by atoms with van der Waals surface area (Å²) in [6, 6.07) is 4.90. The molecule has 0 saturated carbocycles. The highest BCUT2D eigenvalue weighted by molar-refractivity contribution is 5.79. The van der Waals surface area contributed by atoms with Crippen molar-refractivity contribution in [3.05, 3.63) is 23.8 Å². The second-order valence-electron chi connectivity index (χ2n) is 3.74. The van der Waals surface area contributed by atoms with Crippen LogP contribution in [0.25, 0.3) is 0 Å². The highest BCUT2D eigenvalue weighted by Crippen LogP contribution is 2.23. The molecule has 6 heteroatoms. The number of amides is 1. The smallest absolute Gasteiger partial charge is 0.407 e. The molecule has 0 spiro atoms. The van der Waals surface area contributed by atoms with Gasteiger partial charge in [-0.3, -0.25) is 4.79 Å². The Balaban J connectivity index is 2.03. The molecule has 1 amide bonds. The molecular formula is C12H13NO5. The predicted octanol–water partition coefficient (Wildman–Crippen LogP) is 0.995. The normalized spacial score (nSPS) is 17.8. The van der Waals surface area contributed by atoms with Gasteiger partial charge in [-0.15, -0.1) is 0 Å². The Hall–Kier alpha value is -2.24. The van der Waals surface area contributed by atoms with Crippen LogP contribution in [0.15, 0.2) is 18.2 Å². The average molecular weight is 251 g/mol. The number of ether oxygens (including phenoxy) is 3. The van der Waals surface area contributed by atoms with E-state index < -0.39 is 6.09 Å². The summed E-state index contributed by atoms with van der Waals surface area (Å²) in [7, 11) is 1.53. The van der Waals surface area contributed by atoms with E-state index in [0.717, 1.165) is 0 Å². The lowest BCUT2D eigenvalue weighted by Gasteiger charge is -2.12. The monoisotopic (exact) mass is 251 g/mol. The molecule has 1 unspecified atom stereocenters. The van der Waals surface area contributed by atoms with Crippen molar-refractivity contribution in [1.82, 2.24) is 5.32 Å². The molecule has 1 heterocycles. The number of hydrogen-bond acceptors (Lipinski definition) is 5. The Morgan fingerprint density at radius 1 is 1.56 bits per heavy atom. The summed E-state index contributed by atoms with van der Waals surface area (Å²) in [6.45, 7) is 0.589. The van der Waals surface area contributed by atoms with Crippen LogP contribution in [0.3, 0.4) is 0 Å². The number of cyclic esters (lactones) is 1. The number of aldehydes is 1. The van der Waals surface area contributed by atoms with E-state index in [1.54, 1.807) is 18.2 Å². The fraction of sp³-hybridized carbons (Fsp3) is 0.333. The van der Waals surface area contributed by atoms with E-state index in [0.29, 0.717) is 29.9 Å². The number of hydrogen-bond donors (Lipinski definition) is 1. The lowest BCUT2D eigenvalue weighted by Crippen LogP contribution is -2.22. The summed E-state index contributed by atoms with van der Waals surface area (Å²) in [4.78, 5) is 21.7. The van der Waals surface area contributed by atoms with E-state index >= 15 is 0 Å². The Morgan fingerprint density at radius 3 is 3.00 bits per heavy atom. The molecule has 1 fully saturated rings. The van der Waals surface area contributed by atoms with Gasteiger partial charge in [0.25, 0.3) is 0 Å². The minimum atomic E-state index is -0.454. The largest absolute Gasteiger partial charge is 0.497 e. The first-order valence-corrected chi connectivity index (χ1v) is 5.43. The zero-order valence-electron chi connectivity index (χ0n) is 9.84. The second kappa shape index (κ2) is 5.39. The average Bonchev–Trinajstić information content (AvgIpc) is 2.81. The molecule has 0 aromatic heterocycles. The van der Waals surface area contributed by atoms with Gasteiger partial charge in [-0.05, 0) is 12.1 Å². The van der Waals surface area contributed by atoms with Crippen LogP contribution in [0.4, 0.5) is 4.79 Å². The summed E-state index contributed by atoms with van der Waals surface area (Å²) < 4.78 is 15.4. The van der Waals surface area contributed by atoms with Gasteiger partial charge >= 0.3 is 6.09 Å². The van der Waals surface area contributed by atoms with Crippen LogP contribution in [0, 0.1) is 0 Å². The summed E-state index contributed by atoms with van der Waals surface area (Å²) in [6.07, 6.45) is -0.0960. The van der Waals surface area contributed by atoms with E-state index in [9.17, 15) is 9.59 Å². The number of carbonyl (C=O) groups is 2. The number of methoxy groups -OCH3 is 1. The number of benzene rings is 1. The second-order valence-corrected chi connectivity index (χ2v) is 3.74. The lowest BCUT2D eigenvalue weighted by molar-refractivity contribution is 0.102. The van der Waals surface area contributed by atoms with E-state index in [-0.39, 0.29) is 12.7 Å². The van der Waals surface area contributed by atoms with E-state index in [2.05, 4.69) is 5.32 Å². The van der Waals surface area contributed by atoms with Gasteiger partial charge in [-0.2, -0.15) is 0 Å². The molecular weight excluding hydrogens is 238 g/mol. The van der Waals surface area contributed by atoms with Gasteiger partial charge in [0.05, 0.1) is 19.2 Å². The van der Waals surface area contributed by atoms with Crippen molar-refractivity contribution in [1.29, 1.82) is 0 Å². The molecule has 1 aromatic carbocycles. The van der Waals surface area contributed by atoms with Gasteiger partial charge in [0, 0.05) is 6.07 Å². The highest BCUT2D eigenvalue weighted by Gasteiger charge is 2.23. The maximum absolute atomic E-state index is 10.9. The van der Waals surface area contributed by atoms with Gasteiger partial charge in [-0.1, -0.05) is 0 Å². The maximum Gasteiger partial charge on any atom is 0.407 e. The molecule has 1 aliphatic heterocycles. The third-order valence-electron chi connectivity index (χ3n) is 2.52. The van der Waals surface area contributed by atoms with E-state index in [1.165, 1.54) is 7.11 Å². The van der Waals surface area contributed by atoms with E-state index in [4.69, 9.17) is 14.2 Å². The molecule has 1 saturated heterocycles. The molecule has 18 heavy (non-hydrogen) atoms. The fourth-order valence-electron chi connectivity index (χ4n) is 1.57. The summed E-state index contributed by atoms with van der Waals surface area (Å²) in [5.74, 6) is 1.00. The van der Waals surface area contributed by atoms with Crippen LogP contribution >= 0.6 is 0 Å². The molecule has 0 bridgehead atoms. The molecule has 1 aromatic rings. The zero-order chi connectivity index (χ0) is 13.0. The quantitative estimate of drug-likeness (QED) is 0.790. The Kier molecular flexibility index (Phi) is 3.66. The summed E-state index contributed by atoms with van der Waals surface area (Å²) in [5.41, 5.74) is 0.424. The number of carbonyl (C=O) groups excluding carboxylic acids is 2. The maximum atomic E-state index is 10.9. The zero-order valence-corrected chi connectivity index (χ0v) is 9.84. The third-order valence-corrected chi connectivity index (χ3v) is 2.52. The van der Waals surface area contributed by atoms with Crippen LogP contribution in [-0.4, -0.2) is 38.7 Å². The van der Waals surface area contributed by atoms with Crippen molar-refractivity contribution in [2.24, 2.45) is 0 Å². The molecule has 1 atom stereocenters. The van der Waals surface area contributed by atoms with Crippen molar-refractivity contribution in [3.8, 4) is 11.5 Å². The molecule has 2 rings (SSSR count). The van der Waals surface area contributed by atoms with Gasteiger partial charge in [0.2, 0.25) is 0 Å². The van der Waals surface area contributed by atoms with Crippen molar-refractivity contribution in [3.63, 3.8) is 0 Å². The number of nitrogens with one attached hydrogen (secondary N) is 1. The Bertz CT molecular complexity index is 460. The van der Waals surface area contributed by atoms with Crippen molar-refractivity contribution < 1.29 is 23.8 Å². The van der Waals surface area contributed by atoms with Crippen LogP contribution < -0.4 is 14.8 Å². The van der Waals surface area contributed by atoms with Crippen molar-refractivity contribution in [2.75, 3.05) is 20.3 Å². The standard InChI is InChI=1S/C12H13NO5/c1-16-9-3-2-8(6-14)11(4-9)17-7-10-5-13-12(15)18-10/h2-4,6,10H,5,7H2,1H3,(H,13,15). The van der Waals surface area contributed by atoms with Crippen LogP contribution in [0.1, 0.15) is 10.4 Å². The minimum absolute atomic E-state index is 0.187. The van der Waals surface area contributed by atoms with Crippen LogP contribution in [0.5, 0.6) is 11.5 Å². The van der Waals surface area contributed by atoms with E-state index in [1.807, 2.05) is 0 Å².